The van der Waals surface area contributed by atoms with Crippen LogP contribution < -0.4 is 9.64 Å². The third-order valence-electron chi connectivity index (χ3n) is 6.31. The first-order valence-corrected chi connectivity index (χ1v) is 11.1. The summed E-state index contributed by atoms with van der Waals surface area (Å²) in [7, 11) is 3.34. The summed E-state index contributed by atoms with van der Waals surface area (Å²) < 4.78 is 10.7. The number of rotatable bonds is 7. The number of aromatic nitrogens is 2. The van der Waals surface area contributed by atoms with Crippen molar-refractivity contribution in [1.82, 2.24) is 14.9 Å². The molecular formula is C24H32N4O3. The molecule has 0 aliphatic carbocycles. The smallest absolute Gasteiger partial charge is 0.225 e. The third-order valence-corrected chi connectivity index (χ3v) is 6.31. The number of fused-ring (bicyclic) bond motifs is 1. The van der Waals surface area contributed by atoms with Crippen LogP contribution in [0.5, 0.6) is 5.75 Å². The van der Waals surface area contributed by atoms with E-state index in [1.165, 1.54) is 5.56 Å². The molecule has 0 radical (unpaired) electrons. The molecule has 1 fully saturated rings. The molecule has 1 atom stereocenters. The Labute approximate surface area is 184 Å². The summed E-state index contributed by atoms with van der Waals surface area (Å²) in [6.07, 6.45) is 4.36. The second kappa shape index (κ2) is 9.64. The molecule has 1 aromatic heterocycles. The van der Waals surface area contributed by atoms with Crippen LogP contribution >= 0.6 is 0 Å². The van der Waals surface area contributed by atoms with E-state index in [9.17, 15) is 4.79 Å². The van der Waals surface area contributed by atoms with Crippen LogP contribution in [0.4, 0.5) is 5.82 Å². The lowest BCUT2D eigenvalue weighted by Gasteiger charge is -2.33. The van der Waals surface area contributed by atoms with Crippen molar-refractivity contribution in [2.75, 3.05) is 38.8 Å². The van der Waals surface area contributed by atoms with Gasteiger partial charge in [-0.15, -0.1) is 0 Å². The number of aryl methyl sites for hydroxylation is 1. The Hall–Kier alpha value is -2.67. The Kier molecular flexibility index (Phi) is 6.70. The van der Waals surface area contributed by atoms with E-state index >= 15 is 0 Å². The van der Waals surface area contributed by atoms with Gasteiger partial charge in [-0.25, -0.2) is 9.97 Å². The van der Waals surface area contributed by atoms with E-state index in [1.807, 2.05) is 23.1 Å². The minimum atomic E-state index is -0.0524. The molecule has 2 aromatic rings. The second-order valence-corrected chi connectivity index (χ2v) is 8.29. The van der Waals surface area contributed by atoms with Gasteiger partial charge in [0.1, 0.15) is 11.6 Å². The number of benzene rings is 1. The van der Waals surface area contributed by atoms with E-state index in [1.54, 1.807) is 14.2 Å². The van der Waals surface area contributed by atoms with Crippen molar-refractivity contribution in [3.63, 3.8) is 0 Å². The third kappa shape index (κ3) is 4.51. The maximum absolute atomic E-state index is 12.7. The van der Waals surface area contributed by atoms with Crippen LogP contribution in [0.1, 0.15) is 54.4 Å². The molecule has 0 saturated carbocycles. The minimum absolute atomic E-state index is 0.0524. The van der Waals surface area contributed by atoms with E-state index in [2.05, 4.69) is 17.9 Å². The lowest BCUT2D eigenvalue weighted by atomic mass is 10.0. The first kappa shape index (κ1) is 21.6. The van der Waals surface area contributed by atoms with Gasteiger partial charge in [0.05, 0.1) is 26.2 Å². The number of hydrogen-bond donors (Lipinski definition) is 0. The average molecular weight is 425 g/mol. The molecule has 166 valence electrons. The zero-order valence-corrected chi connectivity index (χ0v) is 18.8. The van der Waals surface area contributed by atoms with Gasteiger partial charge in [-0.3, -0.25) is 4.79 Å². The molecule has 0 unspecified atom stereocenters. The number of amides is 1. The van der Waals surface area contributed by atoms with Crippen molar-refractivity contribution in [3.8, 4) is 5.75 Å². The van der Waals surface area contributed by atoms with Gasteiger partial charge >= 0.3 is 0 Å². The fourth-order valence-electron chi connectivity index (χ4n) is 4.72. The normalized spacial score (nSPS) is 18.2. The van der Waals surface area contributed by atoms with Gasteiger partial charge in [0.2, 0.25) is 5.91 Å². The number of nitrogens with zero attached hydrogens (tertiary/aromatic N) is 4. The number of likely N-dealkylation sites (tertiary alicyclic amines) is 1. The highest BCUT2D eigenvalue weighted by atomic mass is 16.5. The van der Waals surface area contributed by atoms with Crippen LogP contribution in [0, 0.1) is 6.92 Å². The second-order valence-electron chi connectivity index (χ2n) is 8.29. The predicted octanol–water partition coefficient (Wildman–Crippen LogP) is 3.45. The Morgan fingerprint density at radius 2 is 2.00 bits per heavy atom. The predicted molar refractivity (Wildman–Crippen MR) is 119 cm³/mol. The van der Waals surface area contributed by atoms with Crippen molar-refractivity contribution in [2.24, 2.45) is 0 Å². The highest BCUT2D eigenvalue weighted by Gasteiger charge is 2.33. The highest BCUT2D eigenvalue weighted by molar-refractivity contribution is 5.77. The van der Waals surface area contributed by atoms with Crippen LogP contribution in [0.3, 0.4) is 0 Å². The molecule has 3 heterocycles. The van der Waals surface area contributed by atoms with Crippen LogP contribution in [-0.2, 0) is 22.5 Å². The molecule has 0 N–H and O–H groups in total. The largest absolute Gasteiger partial charge is 0.496 e. The molecule has 0 spiro atoms. The molecule has 4 rings (SSSR count). The number of ether oxygens (including phenoxy) is 2. The number of carbonyl (C=O) groups excluding carboxylic acids is 1. The number of carbonyl (C=O) groups is 1. The van der Waals surface area contributed by atoms with Crippen molar-refractivity contribution >= 4 is 11.7 Å². The maximum atomic E-state index is 12.7. The molecule has 2 aliphatic heterocycles. The first-order chi connectivity index (χ1) is 15.1. The Morgan fingerprint density at radius 1 is 1.16 bits per heavy atom. The summed E-state index contributed by atoms with van der Waals surface area (Å²) in [6, 6.07) is 8.09. The van der Waals surface area contributed by atoms with Crippen LogP contribution in [-0.4, -0.2) is 54.7 Å². The summed E-state index contributed by atoms with van der Waals surface area (Å²) in [6.45, 7) is 4.97. The fourth-order valence-corrected chi connectivity index (χ4v) is 4.72. The average Bonchev–Trinajstić information content (AvgIpc) is 3.28. The molecule has 1 saturated heterocycles. The van der Waals surface area contributed by atoms with Gasteiger partial charge in [-0.1, -0.05) is 18.2 Å². The molecule has 2 aliphatic rings. The van der Waals surface area contributed by atoms with Gasteiger partial charge in [-0.05, 0) is 38.7 Å². The van der Waals surface area contributed by atoms with Gasteiger partial charge in [0.15, 0.2) is 5.82 Å². The SMILES string of the molecule is COCCC(=O)N1CCC[C@@H]1c1nc(C)c2c(n1)N(Cc1ccccc1OC)CCC2. The molecule has 31 heavy (non-hydrogen) atoms. The van der Waals surface area contributed by atoms with Gasteiger partial charge in [-0.2, -0.15) is 0 Å². The fraction of sp³-hybridized carbons (Fsp3) is 0.542. The topological polar surface area (TPSA) is 67.8 Å². The Balaban J connectivity index is 1.63. The Morgan fingerprint density at radius 3 is 2.81 bits per heavy atom. The zero-order valence-electron chi connectivity index (χ0n) is 18.8. The number of anilines is 1. The van der Waals surface area contributed by atoms with E-state index in [0.29, 0.717) is 13.0 Å². The standard InChI is InChI=1S/C24H32N4O3/c1-17-19-9-6-13-27(16-18-8-4-5-11-21(18)31-3)24(19)26-23(25-17)20-10-7-14-28(20)22(29)12-15-30-2/h4-5,8,11,20H,6-7,9-10,12-16H2,1-3H3/t20-/m1/s1. The monoisotopic (exact) mass is 424 g/mol. The molecule has 1 amide bonds. The molecule has 0 bridgehead atoms. The summed E-state index contributed by atoms with van der Waals surface area (Å²) in [5.74, 6) is 2.79. The van der Waals surface area contributed by atoms with Gasteiger partial charge < -0.3 is 19.3 Å². The molecule has 1 aromatic carbocycles. The zero-order chi connectivity index (χ0) is 21.8. The van der Waals surface area contributed by atoms with Gasteiger partial charge in [0.25, 0.3) is 0 Å². The summed E-state index contributed by atoms with van der Waals surface area (Å²) in [4.78, 5) is 26.9. The van der Waals surface area contributed by atoms with Crippen LogP contribution in [0.15, 0.2) is 24.3 Å². The molecule has 7 nitrogen and oxygen atoms in total. The van der Waals surface area contributed by atoms with Crippen molar-refractivity contribution < 1.29 is 14.3 Å². The van der Waals surface area contributed by atoms with Crippen LogP contribution in [0.2, 0.25) is 0 Å². The van der Waals surface area contributed by atoms with E-state index < -0.39 is 0 Å². The number of hydrogen-bond acceptors (Lipinski definition) is 6. The first-order valence-electron chi connectivity index (χ1n) is 11.1. The van der Waals surface area contributed by atoms with Crippen LogP contribution in [0.25, 0.3) is 0 Å². The van der Waals surface area contributed by atoms with Crippen molar-refractivity contribution in [1.29, 1.82) is 0 Å². The van der Waals surface area contributed by atoms with E-state index in [4.69, 9.17) is 19.4 Å². The highest BCUT2D eigenvalue weighted by Crippen LogP contribution is 2.35. The minimum Gasteiger partial charge on any atom is -0.496 e. The lowest BCUT2D eigenvalue weighted by molar-refractivity contribution is -0.133. The summed E-state index contributed by atoms with van der Waals surface area (Å²) in [5.41, 5.74) is 3.40. The van der Waals surface area contributed by atoms with E-state index in [0.717, 1.165) is 74.0 Å². The number of methoxy groups -OCH3 is 2. The summed E-state index contributed by atoms with van der Waals surface area (Å²) in [5, 5.41) is 0. The quantitative estimate of drug-likeness (QED) is 0.678. The number of para-hydroxylation sites is 1. The lowest BCUT2D eigenvalue weighted by Crippen LogP contribution is -2.34. The summed E-state index contributed by atoms with van der Waals surface area (Å²) >= 11 is 0. The van der Waals surface area contributed by atoms with Crippen molar-refractivity contribution in [2.45, 2.75) is 51.6 Å². The molecule has 7 heteroatoms. The van der Waals surface area contributed by atoms with E-state index in [-0.39, 0.29) is 11.9 Å². The van der Waals surface area contributed by atoms with Crippen molar-refractivity contribution in [3.05, 3.63) is 46.9 Å². The van der Waals surface area contributed by atoms with Gasteiger partial charge in [0, 0.05) is 43.6 Å². The molecular weight excluding hydrogens is 392 g/mol. The Bertz CT molecular complexity index is 933. The maximum Gasteiger partial charge on any atom is 0.225 e.